The van der Waals surface area contributed by atoms with Crippen LogP contribution in [0, 0.1) is 6.92 Å². The first kappa shape index (κ1) is 13.7. The molecule has 0 aliphatic carbocycles. The third-order valence-electron chi connectivity index (χ3n) is 3.12. The molecule has 2 aromatic rings. The monoisotopic (exact) mass is 274 g/mol. The Balaban J connectivity index is 2.13. The van der Waals surface area contributed by atoms with Gasteiger partial charge in [0.15, 0.2) is 5.01 Å². The maximum absolute atomic E-state index is 11.9. The van der Waals surface area contributed by atoms with Gasteiger partial charge in [-0.25, -0.2) is 4.98 Å². The van der Waals surface area contributed by atoms with Crippen LogP contribution in [0.4, 0.5) is 0 Å². The van der Waals surface area contributed by atoms with E-state index in [1.807, 2.05) is 5.38 Å². The van der Waals surface area contributed by atoms with Crippen molar-refractivity contribution in [2.24, 2.45) is 0 Å². The van der Waals surface area contributed by atoms with E-state index in [9.17, 15) is 4.79 Å². The van der Waals surface area contributed by atoms with Crippen molar-refractivity contribution >= 4 is 17.2 Å². The molecule has 0 unspecified atom stereocenters. The third-order valence-corrected chi connectivity index (χ3v) is 3.89. The van der Waals surface area contributed by atoms with Crippen LogP contribution in [0.3, 0.4) is 0 Å². The molecule has 4 heteroatoms. The van der Waals surface area contributed by atoms with Gasteiger partial charge in [0, 0.05) is 18.1 Å². The lowest BCUT2D eigenvalue weighted by atomic mass is 9.94. The topological polar surface area (TPSA) is 42.0 Å². The molecule has 100 valence electrons. The lowest BCUT2D eigenvalue weighted by molar-refractivity contribution is 0.0950. The minimum atomic E-state index is -0.104. The number of hydrogen-bond acceptors (Lipinski definition) is 3. The highest BCUT2D eigenvalue weighted by Gasteiger charge is 2.12. The number of carbonyl (C=O) groups is 1. The molecule has 0 aliphatic rings. The van der Waals surface area contributed by atoms with Gasteiger partial charge in [0.2, 0.25) is 0 Å². The highest BCUT2D eigenvalue weighted by Crippen LogP contribution is 2.22. The fourth-order valence-corrected chi connectivity index (χ4v) is 2.64. The molecule has 19 heavy (non-hydrogen) atoms. The summed E-state index contributed by atoms with van der Waals surface area (Å²) in [6, 6.07) is 6.27. The zero-order valence-corrected chi connectivity index (χ0v) is 12.3. The summed E-state index contributed by atoms with van der Waals surface area (Å²) in [5.74, 6) is 0.347. The van der Waals surface area contributed by atoms with E-state index in [-0.39, 0.29) is 5.91 Å². The molecular weight excluding hydrogens is 256 g/mol. The molecule has 2 rings (SSSR count). The Morgan fingerprint density at radius 1 is 1.42 bits per heavy atom. The van der Waals surface area contributed by atoms with Gasteiger partial charge in [-0.15, -0.1) is 11.3 Å². The summed E-state index contributed by atoms with van der Waals surface area (Å²) in [6.07, 6.45) is 1.65. The van der Waals surface area contributed by atoms with Crippen LogP contribution >= 0.6 is 11.3 Å². The van der Waals surface area contributed by atoms with Gasteiger partial charge in [0.1, 0.15) is 0 Å². The van der Waals surface area contributed by atoms with Crippen molar-refractivity contribution in [3.05, 3.63) is 51.5 Å². The first-order chi connectivity index (χ1) is 9.09. The second-order valence-corrected chi connectivity index (χ2v) is 5.71. The molecule has 1 amide bonds. The van der Waals surface area contributed by atoms with E-state index in [1.54, 1.807) is 6.20 Å². The van der Waals surface area contributed by atoms with Crippen LogP contribution in [0.25, 0.3) is 0 Å². The van der Waals surface area contributed by atoms with Crippen molar-refractivity contribution in [1.82, 2.24) is 10.3 Å². The fraction of sp³-hybridized carbons (Fsp3) is 0.333. The number of amides is 1. The van der Waals surface area contributed by atoms with Gasteiger partial charge in [0.25, 0.3) is 5.91 Å². The number of hydrogen-bond donors (Lipinski definition) is 1. The van der Waals surface area contributed by atoms with Crippen LogP contribution in [-0.4, -0.2) is 10.9 Å². The van der Waals surface area contributed by atoms with E-state index in [1.165, 1.54) is 28.0 Å². The number of nitrogens with zero attached hydrogens (tertiary/aromatic N) is 1. The fourth-order valence-electron chi connectivity index (χ4n) is 2.09. The summed E-state index contributed by atoms with van der Waals surface area (Å²) < 4.78 is 0. The minimum absolute atomic E-state index is 0.104. The van der Waals surface area contributed by atoms with Gasteiger partial charge in [-0.2, -0.15) is 0 Å². The van der Waals surface area contributed by atoms with Gasteiger partial charge in [-0.1, -0.05) is 32.0 Å². The Morgan fingerprint density at radius 3 is 2.84 bits per heavy atom. The molecule has 1 N–H and O–H groups in total. The highest BCUT2D eigenvalue weighted by atomic mass is 32.1. The first-order valence-electron chi connectivity index (χ1n) is 6.35. The smallest absolute Gasteiger partial charge is 0.280 e. The Morgan fingerprint density at radius 2 is 2.21 bits per heavy atom. The second-order valence-electron chi connectivity index (χ2n) is 4.82. The molecule has 0 aliphatic heterocycles. The van der Waals surface area contributed by atoms with Gasteiger partial charge >= 0.3 is 0 Å². The molecule has 0 spiro atoms. The molecule has 0 saturated carbocycles. The molecule has 1 heterocycles. The first-order valence-corrected chi connectivity index (χ1v) is 7.23. The summed E-state index contributed by atoms with van der Waals surface area (Å²) in [5.41, 5.74) is 3.72. The summed E-state index contributed by atoms with van der Waals surface area (Å²) in [7, 11) is 0. The predicted octanol–water partition coefficient (Wildman–Crippen LogP) is 3.50. The standard InChI is InChI=1S/C15H18N2OS/c1-10(2)12-6-4-5-11(3)13(12)9-17-14(18)15-16-7-8-19-15/h4-8,10H,9H2,1-3H3,(H,17,18). The SMILES string of the molecule is Cc1cccc(C(C)C)c1CNC(=O)c1nccs1. The quantitative estimate of drug-likeness (QED) is 0.927. The molecule has 1 aromatic carbocycles. The van der Waals surface area contributed by atoms with Crippen molar-refractivity contribution in [1.29, 1.82) is 0 Å². The average molecular weight is 274 g/mol. The van der Waals surface area contributed by atoms with Crippen LogP contribution in [0.1, 0.15) is 46.3 Å². The van der Waals surface area contributed by atoms with Crippen LogP contribution in [0.2, 0.25) is 0 Å². The van der Waals surface area contributed by atoms with Crippen molar-refractivity contribution < 1.29 is 4.79 Å². The summed E-state index contributed by atoms with van der Waals surface area (Å²) in [6.45, 7) is 6.97. The van der Waals surface area contributed by atoms with Gasteiger partial charge in [-0.05, 0) is 29.5 Å². The Hall–Kier alpha value is -1.68. The number of aryl methyl sites for hydroxylation is 1. The second kappa shape index (κ2) is 5.97. The number of aromatic nitrogens is 1. The zero-order chi connectivity index (χ0) is 13.8. The van der Waals surface area contributed by atoms with E-state index in [2.05, 4.69) is 49.3 Å². The van der Waals surface area contributed by atoms with Crippen molar-refractivity contribution in [2.45, 2.75) is 33.2 Å². The Bertz CT molecular complexity index is 562. The predicted molar refractivity (Wildman–Crippen MR) is 78.6 cm³/mol. The molecule has 0 fully saturated rings. The third kappa shape index (κ3) is 3.20. The van der Waals surface area contributed by atoms with Crippen LogP contribution < -0.4 is 5.32 Å². The number of rotatable bonds is 4. The van der Waals surface area contributed by atoms with E-state index in [0.29, 0.717) is 17.5 Å². The summed E-state index contributed by atoms with van der Waals surface area (Å²) in [4.78, 5) is 15.9. The van der Waals surface area contributed by atoms with E-state index < -0.39 is 0 Å². The van der Waals surface area contributed by atoms with E-state index >= 15 is 0 Å². The van der Waals surface area contributed by atoms with Crippen LogP contribution in [0.15, 0.2) is 29.8 Å². The van der Waals surface area contributed by atoms with Crippen molar-refractivity contribution in [3.8, 4) is 0 Å². The molecular formula is C15H18N2OS. The molecule has 0 saturated heterocycles. The van der Waals surface area contributed by atoms with Crippen molar-refractivity contribution in [2.75, 3.05) is 0 Å². The average Bonchev–Trinajstić information content (AvgIpc) is 2.90. The maximum atomic E-state index is 11.9. The molecule has 3 nitrogen and oxygen atoms in total. The van der Waals surface area contributed by atoms with Gasteiger partial charge < -0.3 is 5.32 Å². The van der Waals surface area contributed by atoms with E-state index in [0.717, 1.165) is 0 Å². The van der Waals surface area contributed by atoms with Crippen LogP contribution in [-0.2, 0) is 6.54 Å². The number of nitrogens with one attached hydrogen (secondary N) is 1. The molecule has 0 radical (unpaired) electrons. The molecule has 0 atom stereocenters. The highest BCUT2D eigenvalue weighted by molar-refractivity contribution is 7.11. The lowest BCUT2D eigenvalue weighted by Gasteiger charge is -2.15. The lowest BCUT2D eigenvalue weighted by Crippen LogP contribution is -2.23. The summed E-state index contributed by atoms with van der Waals surface area (Å²) in [5, 5.41) is 5.27. The number of thiazole rings is 1. The Labute approximate surface area is 117 Å². The Kier molecular flexibility index (Phi) is 4.32. The van der Waals surface area contributed by atoms with Crippen LogP contribution in [0.5, 0.6) is 0 Å². The summed E-state index contributed by atoms with van der Waals surface area (Å²) >= 11 is 1.36. The zero-order valence-electron chi connectivity index (χ0n) is 11.4. The van der Waals surface area contributed by atoms with E-state index in [4.69, 9.17) is 0 Å². The largest absolute Gasteiger partial charge is 0.346 e. The molecule has 0 bridgehead atoms. The normalized spacial score (nSPS) is 10.7. The minimum Gasteiger partial charge on any atom is -0.346 e. The van der Waals surface area contributed by atoms with Gasteiger partial charge in [0.05, 0.1) is 0 Å². The van der Waals surface area contributed by atoms with Crippen molar-refractivity contribution in [3.63, 3.8) is 0 Å². The van der Waals surface area contributed by atoms with Gasteiger partial charge in [-0.3, -0.25) is 4.79 Å². The molecule has 1 aromatic heterocycles. The number of benzene rings is 1. The maximum Gasteiger partial charge on any atom is 0.280 e. The number of carbonyl (C=O) groups excluding carboxylic acids is 1.